The van der Waals surface area contributed by atoms with Gasteiger partial charge in [-0.15, -0.1) is 0 Å². The first-order valence-electron chi connectivity index (χ1n) is 6.24. The lowest BCUT2D eigenvalue weighted by atomic mass is 10.1. The third kappa shape index (κ3) is 5.33. The van der Waals surface area contributed by atoms with Gasteiger partial charge in [0.2, 0.25) is 0 Å². The highest BCUT2D eigenvalue weighted by Gasteiger charge is 2.16. The summed E-state index contributed by atoms with van der Waals surface area (Å²) in [6.45, 7) is 10.2. The van der Waals surface area contributed by atoms with E-state index in [1.165, 1.54) is 0 Å². The van der Waals surface area contributed by atoms with Crippen LogP contribution >= 0.6 is 0 Å². The van der Waals surface area contributed by atoms with Crippen molar-refractivity contribution >= 4 is 0 Å². The molecule has 1 aromatic rings. The van der Waals surface area contributed by atoms with E-state index in [1.54, 1.807) is 7.11 Å². The Kier molecular flexibility index (Phi) is 5.15. The van der Waals surface area contributed by atoms with Crippen molar-refractivity contribution in [2.45, 2.75) is 58.8 Å². The summed E-state index contributed by atoms with van der Waals surface area (Å²) in [5, 5.41) is 7.88. The minimum Gasteiger partial charge on any atom is -0.379 e. The summed E-state index contributed by atoms with van der Waals surface area (Å²) in [5.41, 5.74) is 1.01. The van der Waals surface area contributed by atoms with E-state index < -0.39 is 0 Å². The van der Waals surface area contributed by atoms with Crippen LogP contribution in [-0.2, 0) is 17.8 Å². The van der Waals surface area contributed by atoms with E-state index in [2.05, 4.69) is 44.2 Å². The Morgan fingerprint density at radius 1 is 1.47 bits per heavy atom. The molecule has 0 saturated carbocycles. The lowest BCUT2D eigenvalue weighted by molar-refractivity contribution is 0.0113. The molecule has 0 fully saturated rings. The van der Waals surface area contributed by atoms with E-state index in [-0.39, 0.29) is 5.60 Å². The molecule has 0 amide bonds. The van der Waals surface area contributed by atoms with Crippen LogP contribution in [0.15, 0.2) is 12.3 Å². The summed E-state index contributed by atoms with van der Waals surface area (Å²) in [6.07, 6.45) is 2.99. The van der Waals surface area contributed by atoms with E-state index in [0.29, 0.717) is 6.04 Å². The zero-order valence-electron chi connectivity index (χ0n) is 11.7. The molecule has 1 aromatic heterocycles. The largest absolute Gasteiger partial charge is 0.379 e. The van der Waals surface area contributed by atoms with E-state index in [0.717, 1.165) is 25.2 Å². The van der Waals surface area contributed by atoms with Gasteiger partial charge in [-0.1, -0.05) is 13.8 Å². The van der Waals surface area contributed by atoms with Crippen molar-refractivity contribution in [3.63, 3.8) is 0 Å². The molecule has 0 bridgehead atoms. The predicted octanol–water partition coefficient (Wildman–Crippen LogP) is 2.20. The number of nitrogens with one attached hydrogen (secondary N) is 1. The normalized spacial score (nSPS) is 12.4. The second kappa shape index (κ2) is 6.17. The Morgan fingerprint density at radius 2 is 2.18 bits per heavy atom. The number of hydrogen-bond donors (Lipinski definition) is 1. The minimum atomic E-state index is -0.0811. The molecule has 98 valence electrons. The van der Waals surface area contributed by atoms with Crippen LogP contribution in [0, 0.1) is 0 Å². The Hall–Kier alpha value is -0.870. The first-order valence-corrected chi connectivity index (χ1v) is 6.24. The van der Waals surface area contributed by atoms with Gasteiger partial charge >= 0.3 is 0 Å². The summed E-state index contributed by atoms with van der Waals surface area (Å²) in [4.78, 5) is 0. The molecular formula is C13H25N3O. The Balaban J connectivity index is 2.40. The third-order valence-corrected chi connectivity index (χ3v) is 2.88. The Morgan fingerprint density at radius 3 is 2.76 bits per heavy atom. The number of methoxy groups -OCH3 is 1. The molecule has 0 atom stereocenters. The highest BCUT2D eigenvalue weighted by molar-refractivity contribution is 4.98. The van der Waals surface area contributed by atoms with Gasteiger partial charge in [0.1, 0.15) is 0 Å². The zero-order chi connectivity index (χ0) is 12.9. The maximum Gasteiger partial charge on any atom is 0.0762 e. The summed E-state index contributed by atoms with van der Waals surface area (Å²) >= 11 is 0. The van der Waals surface area contributed by atoms with Gasteiger partial charge in [-0.2, -0.15) is 5.10 Å². The van der Waals surface area contributed by atoms with Crippen molar-refractivity contribution in [2.75, 3.05) is 7.11 Å². The minimum absolute atomic E-state index is 0.0811. The van der Waals surface area contributed by atoms with Gasteiger partial charge in [-0.3, -0.25) is 4.68 Å². The van der Waals surface area contributed by atoms with Crippen LogP contribution < -0.4 is 5.32 Å². The molecule has 1 heterocycles. The first-order chi connectivity index (χ1) is 7.93. The van der Waals surface area contributed by atoms with Crippen LogP contribution in [0.3, 0.4) is 0 Å². The van der Waals surface area contributed by atoms with Gasteiger partial charge in [0.25, 0.3) is 0 Å². The Labute approximate surface area is 104 Å². The first kappa shape index (κ1) is 14.2. The second-order valence-electron chi connectivity index (χ2n) is 5.32. The summed E-state index contributed by atoms with van der Waals surface area (Å²) in [5.74, 6) is 0. The number of rotatable bonds is 7. The standard InChI is InChI=1S/C13H25N3O/c1-11(2)14-10-12-6-8-16(15-12)9-7-13(3,4)17-5/h6,8,11,14H,7,9-10H2,1-5H3. The van der Waals surface area contributed by atoms with E-state index in [1.807, 2.05) is 10.9 Å². The second-order valence-corrected chi connectivity index (χ2v) is 5.32. The summed E-state index contributed by atoms with van der Waals surface area (Å²) < 4.78 is 7.38. The van der Waals surface area contributed by atoms with Crippen LogP contribution in [0.2, 0.25) is 0 Å². The van der Waals surface area contributed by atoms with Crippen molar-refractivity contribution in [1.82, 2.24) is 15.1 Å². The zero-order valence-corrected chi connectivity index (χ0v) is 11.7. The number of aryl methyl sites for hydroxylation is 1. The fourth-order valence-electron chi connectivity index (χ4n) is 1.42. The number of aromatic nitrogens is 2. The lowest BCUT2D eigenvalue weighted by Crippen LogP contribution is -2.25. The Bertz CT molecular complexity index is 331. The molecule has 17 heavy (non-hydrogen) atoms. The number of hydrogen-bond acceptors (Lipinski definition) is 3. The van der Waals surface area contributed by atoms with Crippen LogP contribution in [-0.4, -0.2) is 28.5 Å². The van der Waals surface area contributed by atoms with Crippen molar-refractivity contribution < 1.29 is 4.74 Å². The average Bonchev–Trinajstić information content (AvgIpc) is 2.72. The SMILES string of the molecule is COC(C)(C)CCn1ccc(CNC(C)C)n1. The fraction of sp³-hybridized carbons (Fsp3) is 0.769. The molecule has 0 aliphatic carbocycles. The van der Waals surface area contributed by atoms with Gasteiger partial charge in [0.15, 0.2) is 0 Å². The molecule has 0 aliphatic heterocycles. The molecule has 0 saturated heterocycles. The van der Waals surface area contributed by atoms with Gasteiger partial charge in [0, 0.05) is 32.4 Å². The molecule has 0 aromatic carbocycles. The summed E-state index contributed by atoms with van der Waals surface area (Å²) in [7, 11) is 1.75. The molecule has 0 radical (unpaired) electrons. The van der Waals surface area contributed by atoms with Crippen LogP contribution in [0.5, 0.6) is 0 Å². The van der Waals surface area contributed by atoms with Gasteiger partial charge in [0.05, 0.1) is 11.3 Å². The molecule has 0 unspecified atom stereocenters. The molecule has 1 N–H and O–H groups in total. The molecule has 0 aliphatic rings. The molecule has 4 heteroatoms. The molecule has 1 rings (SSSR count). The smallest absolute Gasteiger partial charge is 0.0762 e. The van der Waals surface area contributed by atoms with Crippen LogP contribution in [0.4, 0.5) is 0 Å². The maximum atomic E-state index is 5.39. The van der Waals surface area contributed by atoms with Gasteiger partial charge in [-0.25, -0.2) is 0 Å². The lowest BCUT2D eigenvalue weighted by Gasteiger charge is -2.22. The van der Waals surface area contributed by atoms with Crippen molar-refractivity contribution in [3.05, 3.63) is 18.0 Å². The monoisotopic (exact) mass is 239 g/mol. The molecule has 0 spiro atoms. The van der Waals surface area contributed by atoms with Crippen LogP contribution in [0.1, 0.15) is 39.8 Å². The molecule has 4 nitrogen and oxygen atoms in total. The van der Waals surface area contributed by atoms with E-state index in [9.17, 15) is 0 Å². The number of nitrogens with zero attached hydrogens (tertiary/aromatic N) is 2. The van der Waals surface area contributed by atoms with Crippen molar-refractivity contribution in [2.24, 2.45) is 0 Å². The highest BCUT2D eigenvalue weighted by atomic mass is 16.5. The maximum absolute atomic E-state index is 5.39. The quantitative estimate of drug-likeness (QED) is 0.793. The fourth-order valence-corrected chi connectivity index (χ4v) is 1.42. The van der Waals surface area contributed by atoms with E-state index >= 15 is 0 Å². The predicted molar refractivity (Wildman–Crippen MR) is 69.9 cm³/mol. The third-order valence-electron chi connectivity index (χ3n) is 2.88. The summed E-state index contributed by atoms with van der Waals surface area (Å²) in [6, 6.07) is 2.56. The average molecular weight is 239 g/mol. The van der Waals surface area contributed by atoms with E-state index in [4.69, 9.17) is 4.74 Å². The topological polar surface area (TPSA) is 39.1 Å². The van der Waals surface area contributed by atoms with Crippen molar-refractivity contribution in [3.8, 4) is 0 Å². The van der Waals surface area contributed by atoms with Crippen molar-refractivity contribution in [1.29, 1.82) is 0 Å². The molecular weight excluding hydrogens is 214 g/mol. The number of ether oxygens (including phenoxy) is 1. The van der Waals surface area contributed by atoms with Gasteiger partial charge < -0.3 is 10.1 Å². The van der Waals surface area contributed by atoms with Crippen LogP contribution in [0.25, 0.3) is 0 Å². The highest BCUT2D eigenvalue weighted by Crippen LogP contribution is 2.13. The van der Waals surface area contributed by atoms with Gasteiger partial charge in [-0.05, 0) is 26.3 Å².